The molecular formula is C30H31ClF2N6O3. The second kappa shape index (κ2) is 12.2. The number of anilines is 1. The van der Waals surface area contributed by atoms with Crippen molar-refractivity contribution in [1.29, 1.82) is 0 Å². The number of amides is 1. The molecule has 1 saturated carbocycles. The van der Waals surface area contributed by atoms with E-state index in [-0.39, 0.29) is 28.2 Å². The van der Waals surface area contributed by atoms with E-state index in [9.17, 15) is 18.4 Å². The van der Waals surface area contributed by atoms with Crippen LogP contribution < -0.4 is 15.9 Å². The minimum atomic E-state index is -2.88. The van der Waals surface area contributed by atoms with Crippen LogP contribution in [0.15, 0.2) is 59.7 Å². The number of alkyl halides is 2. The summed E-state index contributed by atoms with van der Waals surface area (Å²) in [5.74, 6) is 0.437. The molecule has 0 atom stereocenters. The van der Waals surface area contributed by atoms with E-state index in [1.807, 2.05) is 41.0 Å². The van der Waals surface area contributed by atoms with Crippen LogP contribution >= 0.6 is 11.6 Å². The van der Waals surface area contributed by atoms with Gasteiger partial charge in [-0.05, 0) is 55.9 Å². The first-order valence-electron chi connectivity index (χ1n) is 14.1. The molecule has 220 valence electrons. The molecule has 1 saturated heterocycles. The maximum absolute atomic E-state index is 13.9. The first kappa shape index (κ1) is 28.3. The molecule has 1 N–H and O–H groups in total. The molecule has 42 heavy (non-hydrogen) atoms. The number of nitrogens with zero attached hydrogens (tertiary/aromatic N) is 5. The van der Waals surface area contributed by atoms with Crippen molar-refractivity contribution in [1.82, 2.24) is 24.4 Å². The standard InChI is InChI=1S/C30H31ClF2N6O3/c31-20-15-23(27(28(32)33)35-17-20)29(40)36-21-7-5-19(6-8-21)18-38-24-3-1-2-4-25(24)39(30(38)41)22-9-10-34-26(16-22)37-11-13-42-14-12-37/h1-4,9-10,15-17,19,21,28H,5-8,11-14,18H2,(H,36,40). The number of halogens is 3. The summed E-state index contributed by atoms with van der Waals surface area (Å²) < 4.78 is 35.8. The number of morpholine rings is 1. The lowest BCUT2D eigenvalue weighted by molar-refractivity contribution is 0.0904. The van der Waals surface area contributed by atoms with Gasteiger partial charge in [0, 0.05) is 44.1 Å². The number of rotatable bonds is 7. The Hall–Kier alpha value is -3.83. The molecule has 12 heteroatoms. The summed E-state index contributed by atoms with van der Waals surface area (Å²) in [4.78, 5) is 37.0. The zero-order valence-electron chi connectivity index (χ0n) is 22.9. The van der Waals surface area contributed by atoms with Gasteiger partial charge in [0.25, 0.3) is 12.3 Å². The number of hydrogen-bond acceptors (Lipinski definition) is 6. The summed E-state index contributed by atoms with van der Waals surface area (Å²) in [5, 5.41) is 3.01. The number of fused-ring (bicyclic) bond motifs is 1. The van der Waals surface area contributed by atoms with Crippen LogP contribution in [-0.2, 0) is 11.3 Å². The second-order valence-corrected chi connectivity index (χ2v) is 11.2. The summed E-state index contributed by atoms with van der Waals surface area (Å²) in [6.07, 6.45) is 2.88. The molecule has 0 radical (unpaired) electrons. The second-order valence-electron chi connectivity index (χ2n) is 10.8. The van der Waals surface area contributed by atoms with Crippen LogP contribution in [-0.4, -0.2) is 57.4 Å². The Morgan fingerprint density at radius 1 is 1.05 bits per heavy atom. The van der Waals surface area contributed by atoms with Gasteiger partial charge in [-0.25, -0.2) is 18.6 Å². The van der Waals surface area contributed by atoms with E-state index in [1.165, 1.54) is 6.07 Å². The van der Waals surface area contributed by atoms with Crippen LogP contribution in [0.25, 0.3) is 16.7 Å². The number of aromatic nitrogens is 4. The highest BCUT2D eigenvalue weighted by molar-refractivity contribution is 6.30. The monoisotopic (exact) mass is 596 g/mol. The van der Waals surface area contributed by atoms with Crippen molar-refractivity contribution in [2.45, 2.75) is 44.7 Å². The molecule has 0 unspecified atom stereocenters. The maximum atomic E-state index is 13.9. The summed E-state index contributed by atoms with van der Waals surface area (Å²) in [5.41, 5.74) is 1.55. The Morgan fingerprint density at radius 3 is 2.52 bits per heavy atom. The Balaban J connectivity index is 1.17. The summed E-state index contributed by atoms with van der Waals surface area (Å²) in [7, 11) is 0. The number of nitrogens with one attached hydrogen (secondary N) is 1. The third-order valence-corrected chi connectivity index (χ3v) is 8.32. The molecule has 2 fully saturated rings. The van der Waals surface area contributed by atoms with Crippen LogP contribution in [0.3, 0.4) is 0 Å². The molecule has 2 aliphatic rings. The van der Waals surface area contributed by atoms with E-state index < -0.39 is 18.0 Å². The molecule has 0 bridgehead atoms. The molecule has 1 aliphatic carbocycles. The highest BCUT2D eigenvalue weighted by Gasteiger charge is 2.27. The number of para-hydroxylation sites is 2. The minimum absolute atomic E-state index is 0.112. The Bertz CT molecular complexity index is 1640. The van der Waals surface area contributed by atoms with E-state index >= 15 is 0 Å². The van der Waals surface area contributed by atoms with Gasteiger partial charge in [0.05, 0.1) is 40.5 Å². The fourth-order valence-corrected chi connectivity index (χ4v) is 6.12. The van der Waals surface area contributed by atoms with Crippen LogP contribution in [0.2, 0.25) is 5.02 Å². The molecule has 3 aromatic heterocycles. The van der Waals surface area contributed by atoms with Crippen molar-refractivity contribution in [2.24, 2.45) is 5.92 Å². The quantitative estimate of drug-likeness (QED) is 0.323. The first-order chi connectivity index (χ1) is 20.4. The van der Waals surface area contributed by atoms with E-state index in [2.05, 4.69) is 20.2 Å². The van der Waals surface area contributed by atoms with Crippen LogP contribution in [0.4, 0.5) is 14.6 Å². The van der Waals surface area contributed by atoms with Crippen molar-refractivity contribution in [2.75, 3.05) is 31.2 Å². The van der Waals surface area contributed by atoms with Crippen molar-refractivity contribution in [3.8, 4) is 5.69 Å². The number of carbonyl (C=O) groups excluding carboxylic acids is 1. The highest BCUT2D eigenvalue weighted by atomic mass is 35.5. The number of benzene rings is 1. The Morgan fingerprint density at radius 2 is 1.79 bits per heavy atom. The zero-order chi connectivity index (χ0) is 29.2. The van der Waals surface area contributed by atoms with Gasteiger partial charge in [0.2, 0.25) is 0 Å². The first-order valence-corrected chi connectivity index (χ1v) is 14.5. The summed E-state index contributed by atoms with van der Waals surface area (Å²) in [6.45, 7) is 3.33. The summed E-state index contributed by atoms with van der Waals surface area (Å²) >= 11 is 5.92. The number of pyridine rings is 2. The van der Waals surface area contributed by atoms with Crippen LogP contribution in [0.1, 0.15) is 48.2 Å². The van der Waals surface area contributed by atoms with Crippen molar-refractivity contribution in [3.05, 3.63) is 81.6 Å². The Labute approximate surface area is 246 Å². The normalized spacial score (nSPS) is 19.4. The van der Waals surface area contributed by atoms with Gasteiger partial charge >= 0.3 is 5.69 Å². The third kappa shape index (κ3) is 5.76. The SMILES string of the molecule is O=C(NC1CCC(Cn2c(=O)n(-c3ccnc(N4CCOCC4)c3)c3ccccc32)CC1)c1cc(Cl)cnc1C(F)F. The minimum Gasteiger partial charge on any atom is -0.378 e. The van der Waals surface area contributed by atoms with Gasteiger partial charge in [-0.15, -0.1) is 0 Å². The fourth-order valence-electron chi connectivity index (χ4n) is 5.96. The lowest BCUT2D eigenvalue weighted by Gasteiger charge is -2.29. The highest BCUT2D eigenvalue weighted by Crippen LogP contribution is 2.29. The molecule has 1 amide bonds. The molecule has 0 spiro atoms. The summed E-state index contributed by atoms with van der Waals surface area (Å²) in [6, 6.07) is 12.6. The number of carbonyl (C=O) groups is 1. The van der Waals surface area contributed by atoms with Crippen LogP contribution in [0, 0.1) is 5.92 Å². The average Bonchev–Trinajstić information content (AvgIpc) is 3.29. The van der Waals surface area contributed by atoms with Crippen molar-refractivity contribution >= 4 is 34.4 Å². The molecular weight excluding hydrogens is 566 g/mol. The third-order valence-electron chi connectivity index (χ3n) is 8.12. The van der Waals surface area contributed by atoms with E-state index in [0.717, 1.165) is 54.7 Å². The topological polar surface area (TPSA) is 94.3 Å². The number of imidazole rings is 1. The zero-order valence-corrected chi connectivity index (χ0v) is 23.6. The molecule has 4 aromatic rings. The van der Waals surface area contributed by atoms with Gasteiger partial charge < -0.3 is 15.0 Å². The smallest absolute Gasteiger partial charge is 0.333 e. The lowest BCUT2D eigenvalue weighted by Crippen LogP contribution is -2.39. The number of ether oxygens (including phenoxy) is 1. The predicted octanol–water partition coefficient (Wildman–Crippen LogP) is 5.00. The lowest BCUT2D eigenvalue weighted by atomic mass is 9.85. The Kier molecular flexibility index (Phi) is 8.21. The largest absolute Gasteiger partial charge is 0.378 e. The maximum Gasteiger partial charge on any atom is 0.333 e. The van der Waals surface area contributed by atoms with E-state index in [0.29, 0.717) is 32.6 Å². The van der Waals surface area contributed by atoms with Gasteiger partial charge in [0.1, 0.15) is 11.5 Å². The van der Waals surface area contributed by atoms with Gasteiger partial charge in [-0.1, -0.05) is 23.7 Å². The van der Waals surface area contributed by atoms with Crippen LogP contribution in [0.5, 0.6) is 0 Å². The predicted molar refractivity (Wildman–Crippen MR) is 156 cm³/mol. The molecule has 1 aromatic carbocycles. The van der Waals surface area contributed by atoms with E-state index in [4.69, 9.17) is 16.3 Å². The van der Waals surface area contributed by atoms with Gasteiger partial charge in [-0.2, -0.15) is 0 Å². The molecule has 6 rings (SSSR count). The number of hydrogen-bond donors (Lipinski definition) is 1. The molecule has 9 nitrogen and oxygen atoms in total. The van der Waals surface area contributed by atoms with E-state index in [1.54, 1.807) is 10.8 Å². The van der Waals surface area contributed by atoms with Gasteiger partial charge in [0.15, 0.2) is 0 Å². The van der Waals surface area contributed by atoms with Crippen molar-refractivity contribution < 1.29 is 18.3 Å². The average molecular weight is 597 g/mol. The molecule has 1 aliphatic heterocycles. The van der Waals surface area contributed by atoms with Gasteiger partial charge in [-0.3, -0.25) is 18.9 Å². The van der Waals surface area contributed by atoms with Crippen molar-refractivity contribution in [3.63, 3.8) is 0 Å². The fraction of sp³-hybridized carbons (Fsp3) is 0.400. The molecule has 4 heterocycles.